The number of methoxy groups -OCH3 is 1. The molecule has 0 saturated carbocycles. The van der Waals surface area contributed by atoms with Crippen LogP contribution in [0.3, 0.4) is 0 Å². The highest BCUT2D eigenvalue weighted by atomic mass is 19.1. The molecule has 0 fully saturated rings. The number of amides is 1. The molecule has 6 heteroatoms. The van der Waals surface area contributed by atoms with Gasteiger partial charge in [0.1, 0.15) is 0 Å². The number of hydrogen-bond acceptors (Lipinski definition) is 4. The number of nitrogens with one attached hydrogen (secondary N) is 1. The lowest BCUT2D eigenvalue weighted by atomic mass is 10.2. The molecule has 0 atom stereocenters. The van der Waals surface area contributed by atoms with Crippen LogP contribution in [0.1, 0.15) is 15.9 Å². The minimum Gasteiger partial charge on any atom is -0.481 e. The first-order valence-electron chi connectivity index (χ1n) is 5.57. The summed E-state index contributed by atoms with van der Waals surface area (Å²) in [6.45, 7) is 0.263. The van der Waals surface area contributed by atoms with E-state index >= 15 is 0 Å². The first-order valence-corrected chi connectivity index (χ1v) is 5.57. The van der Waals surface area contributed by atoms with Crippen LogP contribution in [0.2, 0.25) is 0 Å². The number of hydrogen-bond donors (Lipinski definition) is 1. The molecule has 19 heavy (non-hydrogen) atoms. The standard InChI is InChI=1S/C13H12FN3O2/c1-19-12-6-9(2-5-16-12)7-17-13(18)10-3-4-15-8-11(10)14/h2-6,8H,7H2,1H3,(H,17,18). The lowest BCUT2D eigenvalue weighted by Crippen LogP contribution is -2.23. The number of rotatable bonds is 4. The van der Waals surface area contributed by atoms with E-state index in [1.807, 2.05) is 0 Å². The van der Waals surface area contributed by atoms with Gasteiger partial charge in [0.05, 0.1) is 18.9 Å². The summed E-state index contributed by atoms with van der Waals surface area (Å²) in [6.07, 6.45) is 3.95. The summed E-state index contributed by atoms with van der Waals surface area (Å²) in [5.74, 6) is -0.676. The normalized spacial score (nSPS) is 10.0. The molecule has 98 valence electrons. The van der Waals surface area contributed by atoms with Crippen molar-refractivity contribution in [1.29, 1.82) is 0 Å². The highest BCUT2D eigenvalue weighted by Gasteiger charge is 2.10. The Balaban J connectivity index is 2.02. The fourth-order valence-corrected chi connectivity index (χ4v) is 1.51. The lowest BCUT2D eigenvalue weighted by molar-refractivity contribution is 0.0946. The Labute approximate surface area is 109 Å². The summed E-state index contributed by atoms with van der Waals surface area (Å²) in [6, 6.07) is 4.77. The van der Waals surface area contributed by atoms with Gasteiger partial charge in [-0.25, -0.2) is 9.37 Å². The maximum Gasteiger partial charge on any atom is 0.254 e. The minimum atomic E-state index is -0.646. The first-order chi connectivity index (χ1) is 9.20. The molecule has 0 aliphatic heterocycles. The van der Waals surface area contributed by atoms with Gasteiger partial charge in [-0.15, -0.1) is 0 Å². The third-order valence-corrected chi connectivity index (χ3v) is 2.48. The molecule has 0 aromatic carbocycles. The number of nitrogens with zero attached hydrogens (tertiary/aromatic N) is 2. The molecule has 0 aliphatic rings. The topological polar surface area (TPSA) is 64.1 Å². The second-order valence-corrected chi connectivity index (χ2v) is 3.74. The SMILES string of the molecule is COc1cc(CNC(=O)c2ccncc2F)ccn1. The van der Waals surface area contributed by atoms with Crippen LogP contribution >= 0.6 is 0 Å². The molecule has 0 bridgehead atoms. The molecule has 5 nitrogen and oxygen atoms in total. The highest BCUT2D eigenvalue weighted by Crippen LogP contribution is 2.09. The zero-order valence-corrected chi connectivity index (χ0v) is 10.3. The van der Waals surface area contributed by atoms with Gasteiger partial charge in [0.25, 0.3) is 5.91 Å². The molecule has 2 aromatic rings. The average molecular weight is 261 g/mol. The monoisotopic (exact) mass is 261 g/mol. The van der Waals surface area contributed by atoms with E-state index in [0.29, 0.717) is 5.88 Å². The molecule has 0 unspecified atom stereocenters. The average Bonchev–Trinajstić information content (AvgIpc) is 2.45. The van der Waals surface area contributed by atoms with Crippen molar-refractivity contribution in [3.8, 4) is 5.88 Å². The van der Waals surface area contributed by atoms with Crippen molar-refractivity contribution in [3.63, 3.8) is 0 Å². The van der Waals surface area contributed by atoms with Gasteiger partial charge in [-0.05, 0) is 17.7 Å². The Morgan fingerprint density at radius 3 is 3.00 bits per heavy atom. The molecular weight excluding hydrogens is 249 g/mol. The quantitative estimate of drug-likeness (QED) is 0.907. The predicted octanol–water partition coefficient (Wildman–Crippen LogP) is 1.55. The summed E-state index contributed by atoms with van der Waals surface area (Å²) in [5.41, 5.74) is 0.783. The molecule has 2 rings (SSSR count). The Bertz CT molecular complexity index is 590. The van der Waals surface area contributed by atoms with E-state index in [2.05, 4.69) is 15.3 Å². The second-order valence-electron chi connectivity index (χ2n) is 3.74. The van der Waals surface area contributed by atoms with Gasteiger partial charge in [0, 0.05) is 25.0 Å². The smallest absolute Gasteiger partial charge is 0.254 e. The molecule has 2 aromatic heterocycles. The number of aromatic nitrogens is 2. The molecule has 1 amide bonds. The number of pyridine rings is 2. The van der Waals surface area contributed by atoms with Crippen molar-refractivity contribution in [2.24, 2.45) is 0 Å². The molecule has 2 heterocycles. The summed E-state index contributed by atoms with van der Waals surface area (Å²) < 4.78 is 18.3. The van der Waals surface area contributed by atoms with Crippen LogP contribution in [0.5, 0.6) is 5.88 Å². The van der Waals surface area contributed by atoms with Crippen LogP contribution in [-0.2, 0) is 6.54 Å². The van der Waals surface area contributed by atoms with Crippen LogP contribution in [0.25, 0.3) is 0 Å². The van der Waals surface area contributed by atoms with Gasteiger partial charge in [0.2, 0.25) is 5.88 Å². The van der Waals surface area contributed by atoms with Crippen molar-refractivity contribution >= 4 is 5.91 Å². The van der Waals surface area contributed by atoms with Crippen LogP contribution in [0, 0.1) is 5.82 Å². The summed E-state index contributed by atoms with van der Waals surface area (Å²) in [4.78, 5) is 19.3. The maximum absolute atomic E-state index is 13.3. The molecule has 0 spiro atoms. The third kappa shape index (κ3) is 3.25. The Hall–Kier alpha value is -2.50. The van der Waals surface area contributed by atoms with Crippen molar-refractivity contribution < 1.29 is 13.9 Å². The first kappa shape index (κ1) is 12.9. The van der Waals surface area contributed by atoms with Gasteiger partial charge in [-0.1, -0.05) is 0 Å². The van der Waals surface area contributed by atoms with Crippen molar-refractivity contribution in [3.05, 3.63) is 53.7 Å². The highest BCUT2D eigenvalue weighted by molar-refractivity contribution is 5.94. The van der Waals surface area contributed by atoms with E-state index < -0.39 is 11.7 Å². The van der Waals surface area contributed by atoms with Gasteiger partial charge >= 0.3 is 0 Å². The molecular formula is C13H12FN3O2. The number of carbonyl (C=O) groups is 1. The van der Waals surface area contributed by atoms with Crippen LogP contribution in [0.15, 0.2) is 36.8 Å². The lowest BCUT2D eigenvalue weighted by Gasteiger charge is -2.06. The summed E-state index contributed by atoms with van der Waals surface area (Å²) >= 11 is 0. The summed E-state index contributed by atoms with van der Waals surface area (Å²) in [7, 11) is 1.51. The van der Waals surface area contributed by atoms with Crippen molar-refractivity contribution in [1.82, 2.24) is 15.3 Å². The third-order valence-electron chi connectivity index (χ3n) is 2.48. The minimum absolute atomic E-state index is 0.0315. The molecule has 0 saturated heterocycles. The largest absolute Gasteiger partial charge is 0.481 e. The zero-order chi connectivity index (χ0) is 13.7. The van der Waals surface area contributed by atoms with E-state index in [4.69, 9.17) is 4.74 Å². The fourth-order valence-electron chi connectivity index (χ4n) is 1.51. The molecule has 1 N–H and O–H groups in total. The van der Waals surface area contributed by atoms with E-state index in [0.717, 1.165) is 11.8 Å². The zero-order valence-electron chi connectivity index (χ0n) is 10.3. The van der Waals surface area contributed by atoms with Gasteiger partial charge in [-0.2, -0.15) is 0 Å². The Kier molecular flexibility index (Phi) is 4.02. The molecule has 0 radical (unpaired) electrons. The Morgan fingerprint density at radius 1 is 1.42 bits per heavy atom. The maximum atomic E-state index is 13.3. The van der Waals surface area contributed by atoms with Gasteiger partial charge in [0.15, 0.2) is 5.82 Å². The van der Waals surface area contributed by atoms with Crippen molar-refractivity contribution in [2.75, 3.05) is 7.11 Å². The van der Waals surface area contributed by atoms with E-state index in [9.17, 15) is 9.18 Å². The van der Waals surface area contributed by atoms with Gasteiger partial charge < -0.3 is 10.1 Å². The number of carbonyl (C=O) groups excluding carboxylic acids is 1. The van der Waals surface area contributed by atoms with E-state index in [1.165, 1.54) is 19.4 Å². The van der Waals surface area contributed by atoms with Crippen LogP contribution in [0.4, 0.5) is 4.39 Å². The molecule has 0 aliphatic carbocycles. The predicted molar refractivity (Wildman–Crippen MR) is 66.2 cm³/mol. The van der Waals surface area contributed by atoms with Crippen molar-refractivity contribution in [2.45, 2.75) is 6.54 Å². The second kappa shape index (κ2) is 5.90. The van der Waals surface area contributed by atoms with Gasteiger partial charge in [-0.3, -0.25) is 9.78 Å². The van der Waals surface area contributed by atoms with E-state index in [-0.39, 0.29) is 12.1 Å². The van der Waals surface area contributed by atoms with Crippen LogP contribution < -0.4 is 10.1 Å². The summed E-state index contributed by atoms with van der Waals surface area (Å²) in [5, 5.41) is 2.62. The number of ether oxygens (including phenoxy) is 1. The van der Waals surface area contributed by atoms with E-state index in [1.54, 1.807) is 18.3 Å². The van der Waals surface area contributed by atoms with Crippen LogP contribution in [-0.4, -0.2) is 23.0 Å². The fraction of sp³-hybridized carbons (Fsp3) is 0.154. The Morgan fingerprint density at radius 2 is 2.26 bits per heavy atom. The number of halogens is 1.